The number of anilines is 1. The van der Waals surface area contributed by atoms with Gasteiger partial charge in [0, 0.05) is 17.3 Å². The molecule has 122 valence electrons. The molecule has 3 nitrogen and oxygen atoms in total. The van der Waals surface area contributed by atoms with Crippen molar-refractivity contribution < 1.29 is 4.79 Å². The van der Waals surface area contributed by atoms with Crippen molar-refractivity contribution in [3.63, 3.8) is 0 Å². The first-order valence-electron chi connectivity index (χ1n) is 7.71. The van der Waals surface area contributed by atoms with Gasteiger partial charge in [-0.25, -0.2) is 0 Å². The minimum Gasteiger partial charge on any atom is -0.325 e. The Kier molecular flexibility index (Phi) is 5.80. The Morgan fingerprint density at radius 3 is 2.39 bits per heavy atom. The molecule has 23 heavy (non-hydrogen) atoms. The lowest BCUT2D eigenvalue weighted by Gasteiger charge is -2.23. The molecule has 2 N–H and O–H groups in total. The van der Waals surface area contributed by atoms with Crippen LogP contribution in [0.5, 0.6) is 0 Å². The first-order chi connectivity index (χ1) is 10.9. The van der Waals surface area contributed by atoms with Gasteiger partial charge in [-0.05, 0) is 28.7 Å². The third kappa shape index (κ3) is 5.08. The molecule has 0 atom stereocenters. The highest BCUT2D eigenvalue weighted by Crippen LogP contribution is 2.29. The second-order valence-electron chi connectivity index (χ2n) is 6.54. The fourth-order valence-electron chi connectivity index (χ4n) is 2.39. The summed E-state index contributed by atoms with van der Waals surface area (Å²) in [5.41, 5.74) is 2.95. The smallest absolute Gasteiger partial charge is 0.238 e. The zero-order valence-corrected chi connectivity index (χ0v) is 14.6. The minimum atomic E-state index is -0.0613. The minimum absolute atomic E-state index is 0.0190. The number of amides is 1. The van der Waals surface area contributed by atoms with Crippen molar-refractivity contribution in [1.29, 1.82) is 0 Å². The first-order valence-corrected chi connectivity index (χ1v) is 8.09. The largest absolute Gasteiger partial charge is 0.325 e. The lowest BCUT2D eigenvalue weighted by Crippen LogP contribution is -2.29. The highest BCUT2D eigenvalue weighted by Gasteiger charge is 2.18. The number of para-hydroxylation sites is 1. The average Bonchev–Trinajstić information content (AvgIpc) is 2.49. The molecule has 0 spiro atoms. The second-order valence-corrected chi connectivity index (χ2v) is 6.95. The Bertz CT molecular complexity index is 677. The number of halogens is 1. The molecule has 0 bridgehead atoms. The molecule has 2 rings (SSSR count). The van der Waals surface area contributed by atoms with E-state index in [0.29, 0.717) is 11.6 Å². The monoisotopic (exact) mass is 330 g/mol. The summed E-state index contributed by atoms with van der Waals surface area (Å²) in [5.74, 6) is -0.0613. The van der Waals surface area contributed by atoms with Crippen LogP contribution in [0.4, 0.5) is 5.69 Å². The number of benzene rings is 2. The van der Waals surface area contributed by atoms with Crippen molar-refractivity contribution in [2.24, 2.45) is 0 Å². The molecule has 0 aliphatic rings. The number of nitrogens with one attached hydrogen (secondary N) is 2. The maximum atomic E-state index is 12.2. The van der Waals surface area contributed by atoms with Gasteiger partial charge in [0.15, 0.2) is 0 Å². The summed E-state index contributed by atoms with van der Waals surface area (Å²) in [5, 5.41) is 6.81. The molecular weight excluding hydrogens is 308 g/mol. The fourth-order valence-corrected chi connectivity index (χ4v) is 2.60. The van der Waals surface area contributed by atoms with Crippen LogP contribution in [0.15, 0.2) is 48.5 Å². The zero-order chi connectivity index (χ0) is 16.9. The summed E-state index contributed by atoms with van der Waals surface area (Å²) in [4.78, 5) is 12.2. The van der Waals surface area contributed by atoms with E-state index in [9.17, 15) is 4.79 Å². The number of hydrogen-bond acceptors (Lipinski definition) is 2. The molecule has 0 radical (unpaired) electrons. The van der Waals surface area contributed by atoms with E-state index in [0.717, 1.165) is 16.8 Å². The molecule has 4 heteroatoms. The summed E-state index contributed by atoms with van der Waals surface area (Å²) in [6.07, 6.45) is 0. The van der Waals surface area contributed by atoms with Gasteiger partial charge in [-0.1, -0.05) is 68.8 Å². The lowest BCUT2D eigenvalue weighted by molar-refractivity contribution is -0.115. The number of carbonyl (C=O) groups excluding carboxylic acids is 1. The zero-order valence-electron chi connectivity index (χ0n) is 13.8. The van der Waals surface area contributed by atoms with Gasteiger partial charge in [0.1, 0.15) is 0 Å². The molecular formula is C19H23ClN2O. The first kappa shape index (κ1) is 17.5. The van der Waals surface area contributed by atoms with Crippen molar-refractivity contribution in [2.75, 3.05) is 11.9 Å². The number of hydrogen-bond donors (Lipinski definition) is 2. The molecule has 2 aromatic rings. The van der Waals surface area contributed by atoms with Gasteiger partial charge < -0.3 is 10.6 Å². The van der Waals surface area contributed by atoms with Crippen LogP contribution in [0.25, 0.3) is 0 Å². The highest BCUT2D eigenvalue weighted by molar-refractivity contribution is 6.31. The van der Waals surface area contributed by atoms with E-state index in [2.05, 4.69) is 31.4 Å². The van der Waals surface area contributed by atoms with E-state index >= 15 is 0 Å². The normalized spacial score (nSPS) is 11.3. The van der Waals surface area contributed by atoms with Crippen LogP contribution in [0, 0.1) is 0 Å². The summed E-state index contributed by atoms with van der Waals surface area (Å²) in [6.45, 7) is 7.20. The Labute approximate surface area is 143 Å². The Balaban J connectivity index is 1.92. The molecule has 0 saturated heterocycles. The molecule has 2 aromatic carbocycles. The topological polar surface area (TPSA) is 41.1 Å². The summed E-state index contributed by atoms with van der Waals surface area (Å²) in [6, 6.07) is 15.5. The molecule has 0 saturated carbocycles. The quantitative estimate of drug-likeness (QED) is 0.855. The Morgan fingerprint density at radius 1 is 1.04 bits per heavy atom. The third-order valence-corrected chi connectivity index (χ3v) is 3.94. The van der Waals surface area contributed by atoms with E-state index in [1.54, 1.807) is 0 Å². The van der Waals surface area contributed by atoms with E-state index in [4.69, 9.17) is 11.6 Å². The van der Waals surface area contributed by atoms with Crippen molar-refractivity contribution in [1.82, 2.24) is 5.32 Å². The predicted molar refractivity (Wildman–Crippen MR) is 96.9 cm³/mol. The van der Waals surface area contributed by atoms with Crippen molar-refractivity contribution in [3.05, 3.63) is 64.7 Å². The van der Waals surface area contributed by atoms with Crippen LogP contribution in [0.2, 0.25) is 5.02 Å². The van der Waals surface area contributed by atoms with Crippen LogP contribution in [0.3, 0.4) is 0 Å². The maximum Gasteiger partial charge on any atom is 0.238 e. The molecule has 0 heterocycles. The number of carbonyl (C=O) groups is 1. The molecule has 0 aromatic heterocycles. The third-order valence-electron chi connectivity index (χ3n) is 3.57. The average molecular weight is 331 g/mol. The maximum absolute atomic E-state index is 12.2. The standard InChI is InChI=1S/C19H23ClN2O/c1-19(2,3)15-9-5-7-11-17(15)22-18(23)13-21-12-14-8-4-6-10-16(14)20/h4-11,21H,12-13H2,1-3H3,(H,22,23). The second kappa shape index (κ2) is 7.62. The van der Waals surface area contributed by atoms with Gasteiger partial charge in [-0.15, -0.1) is 0 Å². The number of rotatable bonds is 5. The van der Waals surface area contributed by atoms with Crippen molar-refractivity contribution >= 4 is 23.2 Å². The van der Waals surface area contributed by atoms with E-state index in [1.165, 1.54) is 0 Å². The van der Waals surface area contributed by atoms with Crippen LogP contribution in [0.1, 0.15) is 31.9 Å². The summed E-state index contributed by atoms with van der Waals surface area (Å²) < 4.78 is 0. The Hall–Kier alpha value is -1.84. The van der Waals surface area contributed by atoms with Crippen LogP contribution in [-0.2, 0) is 16.8 Å². The molecule has 0 unspecified atom stereocenters. The van der Waals surface area contributed by atoms with Crippen LogP contribution >= 0.6 is 11.6 Å². The van der Waals surface area contributed by atoms with Gasteiger partial charge in [-0.2, -0.15) is 0 Å². The predicted octanol–water partition coefficient (Wildman–Crippen LogP) is 4.37. The molecule has 0 aliphatic heterocycles. The van der Waals surface area contributed by atoms with E-state index < -0.39 is 0 Å². The van der Waals surface area contributed by atoms with Crippen LogP contribution in [-0.4, -0.2) is 12.5 Å². The van der Waals surface area contributed by atoms with Crippen molar-refractivity contribution in [3.8, 4) is 0 Å². The summed E-state index contributed by atoms with van der Waals surface area (Å²) >= 11 is 6.10. The highest BCUT2D eigenvalue weighted by atomic mass is 35.5. The molecule has 1 amide bonds. The Morgan fingerprint density at radius 2 is 1.70 bits per heavy atom. The van der Waals surface area contributed by atoms with Gasteiger partial charge in [0.05, 0.1) is 6.54 Å². The van der Waals surface area contributed by atoms with Crippen molar-refractivity contribution in [2.45, 2.75) is 32.7 Å². The van der Waals surface area contributed by atoms with E-state index in [1.807, 2.05) is 48.5 Å². The summed E-state index contributed by atoms with van der Waals surface area (Å²) in [7, 11) is 0. The SMILES string of the molecule is CC(C)(C)c1ccccc1NC(=O)CNCc1ccccc1Cl. The fraction of sp³-hybridized carbons (Fsp3) is 0.316. The van der Waals surface area contributed by atoms with E-state index in [-0.39, 0.29) is 17.9 Å². The molecule has 0 fully saturated rings. The molecule has 0 aliphatic carbocycles. The lowest BCUT2D eigenvalue weighted by atomic mass is 9.86. The van der Waals surface area contributed by atoms with Gasteiger partial charge in [0.25, 0.3) is 0 Å². The van der Waals surface area contributed by atoms with Gasteiger partial charge in [0.2, 0.25) is 5.91 Å². The van der Waals surface area contributed by atoms with Gasteiger partial charge in [-0.3, -0.25) is 4.79 Å². The van der Waals surface area contributed by atoms with Crippen LogP contribution < -0.4 is 10.6 Å². The van der Waals surface area contributed by atoms with Gasteiger partial charge >= 0.3 is 0 Å².